The molecule has 0 N–H and O–H groups in total. The number of rotatable bonds is 5. The SMILES string of the molecule is CCCOc1ccc(/C=C/C(C)=O)cc1. The van der Waals surface area contributed by atoms with Gasteiger partial charge in [0.2, 0.25) is 0 Å². The van der Waals surface area contributed by atoms with E-state index in [2.05, 4.69) is 6.92 Å². The molecule has 0 unspecified atom stereocenters. The van der Waals surface area contributed by atoms with Crippen LogP contribution in [0.3, 0.4) is 0 Å². The Labute approximate surface area is 90.6 Å². The van der Waals surface area contributed by atoms with Crippen LogP contribution >= 0.6 is 0 Å². The maximum atomic E-state index is 10.7. The number of ketones is 1. The van der Waals surface area contributed by atoms with Gasteiger partial charge < -0.3 is 4.74 Å². The van der Waals surface area contributed by atoms with Crippen LogP contribution in [0.2, 0.25) is 0 Å². The minimum Gasteiger partial charge on any atom is -0.494 e. The summed E-state index contributed by atoms with van der Waals surface area (Å²) in [4.78, 5) is 10.7. The topological polar surface area (TPSA) is 26.3 Å². The Morgan fingerprint density at radius 2 is 2.00 bits per heavy atom. The van der Waals surface area contributed by atoms with E-state index < -0.39 is 0 Å². The van der Waals surface area contributed by atoms with Crippen molar-refractivity contribution in [2.75, 3.05) is 6.61 Å². The Morgan fingerprint density at radius 1 is 1.33 bits per heavy atom. The molecule has 0 atom stereocenters. The molecule has 0 aromatic heterocycles. The van der Waals surface area contributed by atoms with Crippen LogP contribution in [-0.2, 0) is 4.79 Å². The smallest absolute Gasteiger partial charge is 0.152 e. The van der Waals surface area contributed by atoms with Crippen molar-refractivity contribution < 1.29 is 9.53 Å². The number of hydrogen-bond acceptors (Lipinski definition) is 2. The molecule has 80 valence electrons. The zero-order chi connectivity index (χ0) is 11.1. The third kappa shape index (κ3) is 4.45. The van der Waals surface area contributed by atoms with Crippen LogP contribution in [0.1, 0.15) is 25.8 Å². The van der Waals surface area contributed by atoms with Gasteiger partial charge in [-0.1, -0.05) is 25.1 Å². The van der Waals surface area contributed by atoms with E-state index in [4.69, 9.17) is 4.74 Å². The second-order valence-corrected chi connectivity index (χ2v) is 3.36. The first kappa shape index (κ1) is 11.5. The Bertz CT molecular complexity index is 336. The lowest BCUT2D eigenvalue weighted by Gasteiger charge is -2.03. The summed E-state index contributed by atoms with van der Waals surface area (Å²) in [5.41, 5.74) is 1.01. The summed E-state index contributed by atoms with van der Waals surface area (Å²) in [5, 5.41) is 0. The van der Waals surface area contributed by atoms with Crippen molar-refractivity contribution in [3.63, 3.8) is 0 Å². The highest BCUT2D eigenvalue weighted by molar-refractivity contribution is 5.91. The molecule has 0 heterocycles. The zero-order valence-corrected chi connectivity index (χ0v) is 9.19. The molecule has 2 heteroatoms. The third-order valence-corrected chi connectivity index (χ3v) is 1.86. The fourth-order valence-electron chi connectivity index (χ4n) is 1.11. The lowest BCUT2D eigenvalue weighted by molar-refractivity contribution is -0.112. The monoisotopic (exact) mass is 204 g/mol. The molecule has 0 aliphatic heterocycles. The van der Waals surface area contributed by atoms with Gasteiger partial charge in [0.1, 0.15) is 5.75 Å². The van der Waals surface area contributed by atoms with Crippen molar-refractivity contribution in [3.8, 4) is 5.75 Å². The van der Waals surface area contributed by atoms with Crippen LogP contribution in [0.5, 0.6) is 5.75 Å². The molecule has 0 saturated heterocycles. The first-order valence-corrected chi connectivity index (χ1v) is 5.14. The van der Waals surface area contributed by atoms with E-state index in [1.54, 1.807) is 12.2 Å². The highest BCUT2D eigenvalue weighted by atomic mass is 16.5. The first-order valence-electron chi connectivity index (χ1n) is 5.14. The molecule has 0 saturated carbocycles. The van der Waals surface area contributed by atoms with E-state index in [-0.39, 0.29) is 5.78 Å². The fourth-order valence-corrected chi connectivity index (χ4v) is 1.11. The minimum absolute atomic E-state index is 0.0568. The predicted molar refractivity (Wildman–Crippen MR) is 61.9 cm³/mol. The summed E-state index contributed by atoms with van der Waals surface area (Å²) >= 11 is 0. The number of allylic oxidation sites excluding steroid dienone is 1. The van der Waals surface area contributed by atoms with E-state index in [1.807, 2.05) is 24.3 Å². The van der Waals surface area contributed by atoms with Gasteiger partial charge in [0.25, 0.3) is 0 Å². The van der Waals surface area contributed by atoms with Crippen LogP contribution in [0.25, 0.3) is 6.08 Å². The molecule has 0 aliphatic rings. The van der Waals surface area contributed by atoms with Crippen molar-refractivity contribution >= 4 is 11.9 Å². The minimum atomic E-state index is 0.0568. The highest BCUT2D eigenvalue weighted by Gasteiger charge is 1.92. The molecule has 15 heavy (non-hydrogen) atoms. The van der Waals surface area contributed by atoms with E-state index in [9.17, 15) is 4.79 Å². The molecular formula is C13H16O2. The molecule has 1 aromatic carbocycles. The van der Waals surface area contributed by atoms with Crippen molar-refractivity contribution in [1.82, 2.24) is 0 Å². The predicted octanol–water partition coefficient (Wildman–Crippen LogP) is 3.08. The van der Waals surface area contributed by atoms with Gasteiger partial charge >= 0.3 is 0 Å². The molecule has 1 rings (SSSR count). The Kier molecular flexibility index (Phi) is 4.61. The van der Waals surface area contributed by atoms with Crippen molar-refractivity contribution in [2.24, 2.45) is 0 Å². The van der Waals surface area contributed by atoms with Crippen LogP contribution < -0.4 is 4.74 Å². The Morgan fingerprint density at radius 3 is 2.53 bits per heavy atom. The van der Waals surface area contributed by atoms with Gasteiger partial charge in [-0.3, -0.25) is 4.79 Å². The lowest BCUT2D eigenvalue weighted by Crippen LogP contribution is -1.94. The van der Waals surface area contributed by atoms with E-state index in [0.29, 0.717) is 0 Å². The highest BCUT2D eigenvalue weighted by Crippen LogP contribution is 2.13. The zero-order valence-electron chi connectivity index (χ0n) is 9.19. The average molecular weight is 204 g/mol. The second kappa shape index (κ2) is 6.02. The lowest BCUT2D eigenvalue weighted by atomic mass is 10.2. The third-order valence-electron chi connectivity index (χ3n) is 1.86. The molecular weight excluding hydrogens is 188 g/mol. The maximum Gasteiger partial charge on any atom is 0.152 e. The van der Waals surface area contributed by atoms with E-state index >= 15 is 0 Å². The van der Waals surface area contributed by atoms with E-state index in [1.165, 1.54) is 6.92 Å². The standard InChI is InChI=1S/C13H16O2/c1-3-10-15-13-8-6-12(7-9-13)5-4-11(2)14/h4-9H,3,10H2,1-2H3/b5-4+. The van der Waals surface area contributed by atoms with Crippen LogP contribution in [-0.4, -0.2) is 12.4 Å². The van der Waals surface area contributed by atoms with Gasteiger partial charge in [0.05, 0.1) is 6.61 Å². The Hall–Kier alpha value is -1.57. The van der Waals surface area contributed by atoms with Gasteiger partial charge in [0.15, 0.2) is 5.78 Å². The first-order chi connectivity index (χ1) is 7.22. The fraction of sp³-hybridized carbons (Fsp3) is 0.308. The summed E-state index contributed by atoms with van der Waals surface area (Å²) in [6.45, 7) is 4.35. The number of carbonyl (C=O) groups is 1. The molecule has 0 fully saturated rings. The van der Waals surface area contributed by atoms with Crippen LogP contribution in [0.4, 0.5) is 0 Å². The second-order valence-electron chi connectivity index (χ2n) is 3.36. The van der Waals surface area contributed by atoms with Gasteiger partial charge in [-0.25, -0.2) is 0 Å². The summed E-state index contributed by atoms with van der Waals surface area (Å²) < 4.78 is 5.44. The number of benzene rings is 1. The maximum absolute atomic E-state index is 10.7. The van der Waals surface area contributed by atoms with Gasteiger partial charge in [-0.2, -0.15) is 0 Å². The summed E-state index contributed by atoms with van der Waals surface area (Å²) in [6.07, 6.45) is 4.36. The normalized spacial score (nSPS) is 10.5. The molecule has 0 radical (unpaired) electrons. The number of ether oxygens (including phenoxy) is 1. The number of carbonyl (C=O) groups excluding carboxylic acids is 1. The van der Waals surface area contributed by atoms with Crippen LogP contribution in [0, 0.1) is 0 Å². The molecule has 0 aliphatic carbocycles. The van der Waals surface area contributed by atoms with E-state index in [0.717, 1.165) is 24.3 Å². The quantitative estimate of drug-likeness (QED) is 0.689. The molecule has 0 amide bonds. The molecule has 2 nitrogen and oxygen atoms in total. The summed E-state index contributed by atoms with van der Waals surface area (Å²) in [6, 6.07) is 7.69. The molecule has 1 aromatic rings. The Balaban J connectivity index is 2.60. The van der Waals surface area contributed by atoms with Gasteiger partial charge in [0, 0.05) is 0 Å². The summed E-state index contributed by atoms with van der Waals surface area (Å²) in [7, 11) is 0. The molecule has 0 bridgehead atoms. The van der Waals surface area contributed by atoms with Gasteiger partial charge in [-0.05, 0) is 37.1 Å². The largest absolute Gasteiger partial charge is 0.494 e. The van der Waals surface area contributed by atoms with Gasteiger partial charge in [-0.15, -0.1) is 0 Å². The number of hydrogen-bond donors (Lipinski definition) is 0. The van der Waals surface area contributed by atoms with Crippen molar-refractivity contribution in [1.29, 1.82) is 0 Å². The van der Waals surface area contributed by atoms with Crippen LogP contribution in [0.15, 0.2) is 30.3 Å². The van der Waals surface area contributed by atoms with Crippen molar-refractivity contribution in [3.05, 3.63) is 35.9 Å². The summed E-state index contributed by atoms with van der Waals surface area (Å²) in [5.74, 6) is 0.929. The van der Waals surface area contributed by atoms with Crippen molar-refractivity contribution in [2.45, 2.75) is 20.3 Å². The average Bonchev–Trinajstić information content (AvgIpc) is 2.25. The molecule has 0 spiro atoms.